The van der Waals surface area contributed by atoms with Gasteiger partial charge in [-0.1, -0.05) is 0 Å². The van der Waals surface area contributed by atoms with Crippen molar-refractivity contribution in [3.8, 4) is 5.88 Å². The van der Waals surface area contributed by atoms with Gasteiger partial charge in [0.15, 0.2) is 5.69 Å². The van der Waals surface area contributed by atoms with Crippen molar-refractivity contribution < 1.29 is 14.3 Å². The molecular formula is C9H10ClNO3. The van der Waals surface area contributed by atoms with Crippen molar-refractivity contribution in [3.05, 3.63) is 23.4 Å². The van der Waals surface area contributed by atoms with Crippen molar-refractivity contribution in [1.29, 1.82) is 0 Å². The van der Waals surface area contributed by atoms with Gasteiger partial charge < -0.3 is 9.47 Å². The highest BCUT2D eigenvalue weighted by Crippen LogP contribution is 2.14. The lowest BCUT2D eigenvalue weighted by atomic mass is 10.2. The number of esters is 1. The second-order valence-corrected chi connectivity index (χ2v) is 2.80. The number of alkyl halides is 1. The Kier molecular flexibility index (Phi) is 3.71. The maximum Gasteiger partial charge on any atom is 0.356 e. The number of methoxy groups -OCH3 is 2. The fraction of sp³-hybridized carbons (Fsp3) is 0.333. The van der Waals surface area contributed by atoms with Gasteiger partial charge in [0.05, 0.1) is 14.2 Å². The van der Waals surface area contributed by atoms with E-state index in [4.69, 9.17) is 16.3 Å². The van der Waals surface area contributed by atoms with E-state index >= 15 is 0 Å². The molecule has 0 amide bonds. The molecule has 0 spiro atoms. The van der Waals surface area contributed by atoms with Crippen molar-refractivity contribution in [3.63, 3.8) is 0 Å². The smallest absolute Gasteiger partial charge is 0.356 e. The summed E-state index contributed by atoms with van der Waals surface area (Å²) in [6, 6.07) is 3.24. The molecule has 1 aromatic rings. The minimum atomic E-state index is -0.504. The molecule has 0 fully saturated rings. The van der Waals surface area contributed by atoms with Gasteiger partial charge in [0.25, 0.3) is 0 Å². The average Bonchev–Trinajstić information content (AvgIpc) is 2.27. The Hall–Kier alpha value is -1.29. The predicted molar refractivity (Wildman–Crippen MR) is 51.7 cm³/mol. The summed E-state index contributed by atoms with van der Waals surface area (Å²) in [5, 5.41) is 0. The number of halogens is 1. The molecule has 0 N–H and O–H groups in total. The fourth-order valence-electron chi connectivity index (χ4n) is 0.950. The fourth-order valence-corrected chi connectivity index (χ4v) is 1.10. The first kappa shape index (κ1) is 10.8. The van der Waals surface area contributed by atoms with E-state index in [9.17, 15) is 4.79 Å². The normalized spacial score (nSPS) is 9.64. The lowest BCUT2D eigenvalue weighted by molar-refractivity contribution is 0.0593. The summed E-state index contributed by atoms with van der Waals surface area (Å²) in [4.78, 5) is 15.1. The van der Waals surface area contributed by atoms with Gasteiger partial charge in [0.1, 0.15) is 0 Å². The summed E-state index contributed by atoms with van der Waals surface area (Å²) in [5.74, 6) is 0.141. The van der Waals surface area contributed by atoms with Crippen molar-refractivity contribution in [2.24, 2.45) is 0 Å². The molecule has 0 saturated carbocycles. The van der Waals surface area contributed by atoms with Crippen LogP contribution >= 0.6 is 11.6 Å². The first-order valence-electron chi connectivity index (χ1n) is 3.90. The molecular weight excluding hydrogens is 206 g/mol. The molecule has 1 heterocycles. The number of nitrogens with zero attached hydrogens (tertiary/aromatic N) is 1. The number of rotatable bonds is 3. The van der Waals surface area contributed by atoms with Crippen LogP contribution in [0.15, 0.2) is 12.1 Å². The molecule has 0 aliphatic carbocycles. The molecule has 4 nitrogen and oxygen atoms in total. The maximum atomic E-state index is 11.2. The zero-order valence-corrected chi connectivity index (χ0v) is 8.67. The number of hydrogen-bond donors (Lipinski definition) is 0. The standard InChI is InChI=1S/C9H10ClNO3/c1-13-8-4-6(5-10)3-7(11-8)9(12)14-2/h3-4H,5H2,1-2H3. The number of hydrogen-bond acceptors (Lipinski definition) is 4. The highest BCUT2D eigenvalue weighted by Gasteiger charge is 2.10. The number of carbonyl (C=O) groups excluding carboxylic acids is 1. The van der Waals surface area contributed by atoms with E-state index in [1.165, 1.54) is 14.2 Å². The summed E-state index contributed by atoms with van der Waals surface area (Å²) in [7, 11) is 2.77. The molecule has 1 aromatic heterocycles. The molecule has 76 valence electrons. The summed E-state index contributed by atoms with van der Waals surface area (Å²) >= 11 is 5.64. The summed E-state index contributed by atoms with van der Waals surface area (Å²) < 4.78 is 9.45. The van der Waals surface area contributed by atoms with E-state index in [0.717, 1.165) is 5.56 Å². The maximum absolute atomic E-state index is 11.2. The second-order valence-electron chi connectivity index (χ2n) is 2.53. The average molecular weight is 216 g/mol. The summed E-state index contributed by atoms with van der Waals surface area (Å²) in [6.07, 6.45) is 0. The zero-order valence-electron chi connectivity index (χ0n) is 7.91. The second kappa shape index (κ2) is 4.81. The number of pyridine rings is 1. The lowest BCUT2D eigenvalue weighted by Gasteiger charge is -2.04. The molecule has 5 heteroatoms. The highest BCUT2D eigenvalue weighted by molar-refractivity contribution is 6.17. The Bertz CT molecular complexity index is 319. The van der Waals surface area contributed by atoms with Gasteiger partial charge in [-0.3, -0.25) is 0 Å². The van der Waals surface area contributed by atoms with Crippen LogP contribution in [0.1, 0.15) is 16.1 Å². The van der Waals surface area contributed by atoms with Gasteiger partial charge in [-0.05, 0) is 11.6 Å². The Morgan fingerprint density at radius 3 is 2.71 bits per heavy atom. The van der Waals surface area contributed by atoms with Crippen LogP contribution < -0.4 is 4.74 Å². The Labute approximate surface area is 86.8 Å². The van der Waals surface area contributed by atoms with Crippen LogP contribution in [0.5, 0.6) is 5.88 Å². The molecule has 0 atom stereocenters. The predicted octanol–water partition coefficient (Wildman–Crippen LogP) is 1.62. The van der Waals surface area contributed by atoms with E-state index in [0.29, 0.717) is 11.8 Å². The Balaban J connectivity index is 3.10. The van der Waals surface area contributed by atoms with E-state index in [1.807, 2.05) is 0 Å². The van der Waals surface area contributed by atoms with E-state index in [-0.39, 0.29) is 5.69 Å². The molecule has 0 aliphatic rings. The molecule has 0 unspecified atom stereocenters. The third-order valence-corrected chi connectivity index (χ3v) is 1.93. The quantitative estimate of drug-likeness (QED) is 0.568. The molecule has 1 rings (SSSR count). The van der Waals surface area contributed by atoms with Gasteiger partial charge in [0, 0.05) is 11.9 Å². The van der Waals surface area contributed by atoms with E-state index in [1.54, 1.807) is 12.1 Å². The molecule has 0 radical (unpaired) electrons. The molecule has 14 heavy (non-hydrogen) atoms. The molecule has 0 saturated heterocycles. The van der Waals surface area contributed by atoms with Crippen molar-refractivity contribution in [2.45, 2.75) is 5.88 Å². The first-order chi connectivity index (χ1) is 6.71. The minimum Gasteiger partial charge on any atom is -0.481 e. The molecule has 0 aliphatic heterocycles. The van der Waals surface area contributed by atoms with Crippen LogP contribution in [-0.4, -0.2) is 25.2 Å². The van der Waals surface area contributed by atoms with Crippen LogP contribution in [0.2, 0.25) is 0 Å². The van der Waals surface area contributed by atoms with Gasteiger partial charge >= 0.3 is 5.97 Å². The number of carbonyl (C=O) groups is 1. The number of ether oxygens (including phenoxy) is 2. The monoisotopic (exact) mass is 215 g/mol. The van der Waals surface area contributed by atoms with Crippen molar-refractivity contribution >= 4 is 17.6 Å². The first-order valence-corrected chi connectivity index (χ1v) is 4.44. The van der Waals surface area contributed by atoms with E-state index in [2.05, 4.69) is 9.72 Å². The molecule has 0 aromatic carbocycles. The van der Waals surface area contributed by atoms with Crippen LogP contribution in [0, 0.1) is 0 Å². The van der Waals surface area contributed by atoms with Gasteiger partial charge in [-0.25, -0.2) is 9.78 Å². The van der Waals surface area contributed by atoms with Gasteiger partial charge in [-0.15, -0.1) is 11.6 Å². The van der Waals surface area contributed by atoms with Crippen molar-refractivity contribution in [1.82, 2.24) is 4.98 Å². The van der Waals surface area contributed by atoms with Crippen molar-refractivity contribution in [2.75, 3.05) is 14.2 Å². The third-order valence-electron chi connectivity index (χ3n) is 1.62. The number of aromatic nitrogens is 1. The third kappa shape index (κ3) is 2.35. The Morgan fingerprint density at radius 2 is 2.21 bits per heavy atom. The summed E-state index contributed by atoms with van der Waals surface area (Å²) in [6.45, 7) is 0. The van der Waals surface area contributed by atoms with Crippen LogP contribution in [-0.2, 0) is 10.6 Å². The van der Waals surface area contributed by atoms with Gasteiger partial charge in [0.2, 0.25) is 5.88 Å². The molecule has 0 bridgehead atoms. The minimum absolute atomic E-state index is 0.197. The van der Waals surface area contributed by atoms with Gasteiger partial charge in [-0.2, -0.15) is 0 Å². The van der Waals surface area contributed by atoms with Crippen LogP contribution in [0.3, 0.4) is 0 Å². The summed E-state index contributed by atoms with van der Waals surface area (Å²) in [5.41, 5.74) is 0.960. The van der Waals surface area contributed by atoms with E-state index < -0.39 is 5.97 Å². The van der Waals surface area contributed by atoms with Crippen LogP contribution in [0.25, 0.3) is 0 Å². The zero-order chi connectivity index (χ0) is 10.6. The van der Waals surface area contributed by atoms with Crippen LogP contribution in [0.4, 0.5) is 0 Å². The Morgan fingerprint density at radius 1 is 1.50 bits per heavy atom. The highest BCUT2D eigenvalue weighted by atomic mass is 35.5. The SMILES string of the molecule is COC(=O)c1cc(CCl)cc(OC)n1. The largest absolute Gasteiger partial charge is 0.481 e. The topological polar surface area (TPSA) is 48.4 Å². The lowest BCUT2D eigenvalue weighted by Crippen LogP contribution is -2.06.